The Hall–Kier alpha value is -1.54. The first-order chi connectivity index (χ1) is 8.76. The van der Waals surface area contributed by atoms with E-state index in [2.05, 4.69) is 11.8 Å². The first-order valence-electron chi connectivity index (χ1n) is 5.93. The SMILES string of the molecule is CCN(c1ccc(F)cc1)c1ccccc1CCl. The maximum Gasteiger partial charge on any atom is 0.123 e. The van der Waals surface area contributed by atoms with Gasteiger partial charge < -0.3 is 4.90 Å². The third-order valence-electron chi connectivity index (χ3n) is 2.88. The van der Waals surface area contributed by atoms with Crippen LogP contribution in [0.3, 0.4) is 0 Å². The molecule has 2 aromatic carbocycles. The zero-order valence-corrected chi connectivity index (χ0v) is 11.0. The Balaban J connectivity index is 2.41. The summed E-state index contributed by atoms with van der Waals surface area (Å²) in [7, 11) is 0. The lowest BCUT2D eigenvalue weighted by molar-refractivity contribution is 0.628. The topological polar surface area (TPSA) is 3.24 Å². The Kier molecular flexibility index (Phi) is 4.21. The van der Waals surface area contributed by atoms with Gasteiger partial charge in [-0.15, -0.1) is 11.6 Å². The fourth-order valence-corrected chi connectivity index (χ4v) is 2.23. The van der Waals surface area contributed by atoms with E-state index in [1.165, 1.54) is 12.1 Å². The standard InChI is InChI=1S/C15H15ClFN/c1-2-18(14-9-7-13(17)8-10-14)15-6-4-3-5-12(15)11-16/h3-10H,2,11H2,1H3. The van der Waals surface area contributed by atoms with Crippen molar-refractivity contribution in [1.82, 2.24) is 0 Å². The van der Waals surface area contributed by atoms with E-state index in [4.69, 9.17) is 11.6 Å². The monoisotopic (exact) mass is 263 g/mol. The second-order valence-electron chi connectivity index (χ2n) is 3.98. The highest BCUT2D eigenvalue weighted by Gasteiger charge is 2.10. The second-order valence-corrected chi connectivity index (χ2v) is 4.25. The minimum Gasteiger partial charge on any atom is -0.342 e. The van der Waals surface area contributed by atoms with Gasteiger partial charge in [-0.1, -0.05) is 18.2 Å². The zero-order chi connectivity index (χ0) is 13.0. The fraction of sp³-hybridized carbons (Fsp3) is 0.200. The fourth-order valence-electron chi connectivity index (χ4n) is 2.00. The molecule has 3 heteroatoms. The molecule has 0 aliphatic rings. The third-order valence-corrected chi connectivity index (χ3v) is 3.17. The number of hydrogen-bond acceptors (Lipinski definition) is 1. The number of nitrogens with zero attached hydrogens (tertiary/aromatic N) is 1. The van der Waals surface area contributed by atoms with Crippen molar-refractivity contribution in [1.29, 1.82) is 0 Å². The van der Waals surface area contributed by atoms with E-state index in [-0.39, 0.29) is 5.82 Å². The Morgan fingerprint density at radius 2 is 1.72 bits per heavy atom. The number of alkyl halides is 1. The number of halogens is 2. The molecular weight excluding hydrogens is 249 g/mol. The van der Waals surface area contributed by atoms with Crippen LogP contribution in [0.1, 0.15) is 12.5 Å². The van der Waals surface area contributed by atoms with Gasteiger partial charge >= 0.3 is 0 Å². The zero-order valence-electron chi connectivity index (χ0n) is 10.2. The van der Waals surface area contributed by atoms with Crippen molar-refractivity contribution in [2.75, 3.05) is 11.4 Å². The summed E-state index contributed by atoms with van der Waals surface area (Å²) in [6.07, 6.45) is 0. The van der Waals surface area contributed by atoms with Crippen LogP contribution in [-0.2, 0) is 5.88 Å². The maximum atomic E-state index is 13.0. The number of rotatable bonds is 4. The van der Waals surface area contributed by atoms with Gasteiger partial charge in [-0.25, -0.2) is 4.39 Å². The van der Waals surface area contributed by atoms with E-state index in [0.717, 1.165) is 23.5 Å². The molecule has 0 aliphatic carbocycles. The average molecular weight is 264 g/mol. The number of benzene rings is 2. The van der Waals surface area contributed by atoms with Gasteiger partial charge in [-0.3, -0.25) is 0 Å². The van der Waals surface area contributed by atoms with Crippen molar-refractivity contribution in [2.24, 2.45) is 0 Å². The van der Waals surface area contributed by atoms with Gasteiger partial charge in [0.15, 0.2) is 0 Å². The van der Waals surface area contributed by atoms with Gasteiger partial charge in [-0.05, 0) is 42.8 Å². The molecule has 0 aliphatic heterocycles. The number of anilines is 2. The molecule has 2 aromatic rings. The van der Waals surface area contributed by atoms with E-state index in [9.17, 15) is 4.39 Å². The second kappa shape index (κ2) is 5.87. The van der Waals surface area contributed by atoms with Gasteiger partial charge in [0, 0.05) is 23.8 Å². The van der Waals surface area contributed by atoms with Crippen molar-refractivity contribution in [3.05, 3.63) is 59.9 Å². The molecule has 0 heterocycles. The first kappa shape index (κ1) is 12.9. The van der Waals surface area contributed by atoms with Crippen LogP contribution >= 0.6 is 11.6 Å². The maximum absolute atomic E-state index is 13.0. The minimum atomic E-state index is -0.222. The van der Waals surface area contributed by atoms with E-state index in [1.807, 2.05) is 24.3 Å². The Labute approximate surface area is 112 Å². The highest BCUT2D eigenvalue weighted by molar-refractivity contribution is 6.17. The van der Waals surface area contributed by atoms with Crippen LogP contribution in [0.2, 0.25) is 0 Å². The van der Waals surface area contributed by atoms with E-state index < -0.39 is 0 Å². The molecule has 0 spiro atoms. The summed E-state index contributed by atoms with van der Waals surface area (Å²) >= 11 is 5.96. The molecule has 18 heavy (non-hydrogen) atoms. The predicted molar refractivity (Wildman–Crippen MR) is 75.1 cm³/mol. The van der Waals surface area contributed by atoms with Crippen LogP contribution in [0.15, 0.2) is 48.5 Å². The predicted octanol–water partition coefficient (Wildman–Crippen LogP) is 4.72. The van der Waals surface area contributed by atoms with Gasteiger partial charge in [0.05, 0.1) is 0 Å². The van der Waals surface area contributed by atoms with Crippen LogP contribution in [0.5, 0.6) is 0 Å². The van der Waals surface area contributed by atoms with Gasteiger partial charge in [0.1, 0.15) is 5.82 Å². The van der Waals surface area contributed by atoms with Crippen molar-refractivity contribution < 1.29 is 4.39 Å². The molecule has 0 fully saturated rings. The van der Waals surface area contributed by atoms with Crippen molar-refractivity contribution in [3.63, 3.8) is 0 Å². The highest BCUT2D eigenvalue weighted by Crippen LogP contribution is 2.29. The molecule has 0 amide bonds. The molecule has 0 unspecified atom stereocenters. The molecular formula is C15H15ClFN. The summed E-state index contributed by atoms with van der Waals surface area (Å²) in [6.45, 7) is 2.87. The van der Waals surface area contributed by atoms with Crippen LogP contribution in [0.25, 0.3) is 0 Å². The largest absolute Gasteiger partial charge is 0.342 e. The molecule has 0 N–H and O–H groups in total. The van der Waals surface area contributed by atoms with Crippen LogP contribution in [0, 0.1) is 5.82 Å². The molecule has 2 rings (SSSR count). The molecule has 0 aromatic heterocycles. The van der Waals surface area contributed by atoms with E-state index >= 15 is 0 Å². The molecule has 0 bridgehead atoms. The number of hydrogen-bond donors (Lipinski definition) is 0. The Bertz CT molecular complexity index is 510. The summed E-state index contributed by atoms with van der Waals surface area (Å²) in [6, 6.07) is 14.5. The van der Waals surface area contributed by atoms with E-state index in [1.54, 1.807) is 12.1 Å². The van der Waals surface area contributed by atoms with Gasteiger partial charge in [0.25, 0.3) is 0 Å². The molecule has 1 nitrogen and oxygen atoms in total. The minimum absolute atomic E-state index is 0.222. The third kappa shape index (κ3) is 2.65. The lowest BCUT2D eigenvalue weighted by atomic mass is 10.1. The lowest BCUT2D eigenvalue weighted by Gasteiger charge is -2.25. The normalized spacial score (nSPS) is 10.4. The molecule has 0 atom stereocenters. The highest BCUT2D eigenvalue weighted by atomic mass is 35.5. The van der Waals surface area contributed by atoms with Gasteiger partial charge in [0.2, 0.25) is 0 Å². The van der Waals surface area contributed by atoms with Crippen LogP contribution < -0.4 is 4.90 Å². The molecule has 94 valence electrons. The summed E-state index contributed by atoms with van der Waals surface area (Å²) < 4.78 is 13.0. The molecule has 0 saturated carbocycles. The summed E-state index contributed by atoms with van der Waals surface area (Å²) in [5.41, 5.74) is 3.11. The van der Waals surface area contributed by atoms with Crippen LogP contribution in [-0.4, -0.2) is 6.54 Å². The molecule has 0 radical (unpaired) electrons. The molecule has 0 saturated heterocycles. The van der Waals surface area contributed by atoms with Gasteiger partial charge in [-0.2, -0.15) is 0 Å². The van der Waals surface area contributed by atoms with E-state index in [0.29, 0.717) is 5.88 Å². The average Bonchev–Trinajstić information content (AvgIpc) is 2.42. The first-order valence-corrected chi connectivity index (χ1v) is 6.46. The van der Waals surface area contributed by atoms with Crippen LogP contribution in [0.4, 0.5) is 15.8 Å². The quantitative estimate of drug-likeness (QED) is 0.722. The lowest BCUT2D eigenvalue weighted by Crippen LogP contribution is -2.17. The Morgan fingerprint density at radius 3 is 2.33 bits per heavy atom. The van der Waals surface area contributed by atoms with Crippen molar-refractivity contribution in [3.8, 4) is 0 Å². The summed E-state index contributed by atoms with van der Waals surface area (Å²) in [4.78, 5) is 2.12. The Morgan fingerprint density at radius 1 is 1.06 bits per heavy atom. The summed E-state index contributed by atoms with van der Waals surface area (Å²) in [5.74, 6) is 0.244. The smallest absolute Gasteiger partial charge is 0.123 e. The number of para-hydroxylation sites is 1. The van der Waals surface area contributed by atoms with Crippen molar-refractivity contribution in [2.45, 2.75) is 12.8 Å². The summed E-state index contributed by atoms with van der Waals surface area (Å²) in [5, 5.41) is 0. The van der Waals surface area contributed by atoms with Crippen molar-refractivity contribution >= 4 is 23.0 Å².